The van der Waals surface area contributed by atoms with E-state index in [1.165, 1.54) is 0 Å². The molecule has 4 heteroatoms. The minimum atomic E-state index is -0.191. The standard InChI is InChI=1S/C14H23NO3/c1-5-11-10(2)8-12(18-11)13(17)15-9-14(3,4)6-7-16/h8,16H,5-7,9H2,1-4H3,(H,15,17). The molecule has 2 N–H and O–H groups in total. The molecule has 1 rings (SSSR count). The van der Waals surface area contributed by atoms with Crippen LogP contribution in [0.5, 0.6) is 0 Å². The van der Waals surface area contributed by atoms with Gasteiger partial charge in [0.05, 0.1) is 0 Å². The van der Waals surface area contributed by atoms with Gasteiger partial charge < -0.3 is 14.8 Å². The summed E-state index contributed by atoms with van der Waals surface area (Å²) in [4.78, 5) is 11.9. The van der Waals surface area contributed by atoms with E-state index in [2.05, 4.69) is 5.32 Å². The van der Waals surface area contributed by atoms with Gasteiger partial charge in [0.15, 0.2) is 5.76 Å². The van der Waals surface area contributed by atoms with Crippen LogP contribution in [-0.2, 0) is 6.42 Å². The second-order valence-corrected chi connectivity index (χ2v) is 5.39. The number of rotatable bonds is 6. The summed E-state index contributed by atoms with van der Waals surface area (Å²) in [7, 11) is 0. The number of nitrogens with one attached hydrogen (secondary N) is 1. The maximum atomic E-state index is 11.9. The molecule has 1 aromatic rings. The second-order valence-electron chi connectivity index (χ2n) is 5.39. The molecular weight excluding hydrogens is 230 g/mol. The zero-order chi connectivity index (χ0) is 13.8. The quantitative estimate of drug-likeness (QED) is 0.817. The van der Waals surface area contributed by atoms with E-state index in [0.717, 1.165) is 17.7 Å². The van der Waals surface area contributed by atoms with E-state index >= 15 is 0 Å². The molecule has 0 aliphatic carbocycles. The molecule has 0 aliphatic heterocycles. The highest BCUT2D eigenvalue weighted by atomic mass is 16.4. The summed E-state index contributed by atoms with van der Waals surface area (Å²) < 4.78 is 5.49. The molecule has 0 saturated carbocycles. The minimum Gasteiger partial charge on any atom is -0.456 e. The lowest BCUT2D eigenvalue weighted by molar-refractivity contribution is 0.0899. The molecule has 1 amide bonds. The monoisotopic (exact) mass is 253 g/mol. The van der Waals surface area contributed by atoms with Crippen molar-refractivity contribution in [2.24, 2.45) is 5.41 Å². The summed E-state index contributed by atoms with van der Waals surface area (Å²) in [5.41, 5.74) is 0.900. The smallest absolute Gasteiger partial charge is 0.287 e. The number of furan rings is 1. The molecule has 0 spiro atoms. The van der Waals surface area contributed by atoms with Crippen molar-refractivity contribution in [3.63, 3.8) is 0 Å². The molecule has 0 atom stereocenters. The predicted molar refractivity (Wildman–Crippen MR) is 70.6 cm³/mol. The molecule has 18 heavy (non-hydrogen) atoms. The van der Waals surface area contributed by atoms with Crippen molar-refractivity contribution in [3.8, 4) is 0 Å². The second kappa shape index (κ2) is 6.05. The van der Waals surface area contributed by atoms with Gasteiger partial charge in [0, 0.05) is 19.6 Å². The fourth-order valence-corrected chi connectivity index (χ4v) is 1.78. The van der Waals surface area contributed by atoms with Crippen LogP contribution in [0.2, 0.25) is 0 Å². The molecule has 0 aliphatic rings. The number of aliphatic hydroxyl groups excluding tert-OH is 1. The Hall–Kier alpha value is -1.29. The Morgan fingerprint density at radius 2 is 2.17 bits per heavy atom. The Morgan fingerprint density at radius 1 is 1.50 bits per heavy atom. The number of hydrogen-bond acceptors (Lipinski definition) is 3. The lowest BCUT2D eigenvalue weighted by atomic mass is 9.90. The zero-order valence-corrected chi connectivity index (χ0v) is 11.7. The van der Waals surface area contributed by atoms with Crippen LogP contribution in [-0.4, -0.2) is 24.2 Å². The van der Waals surface area contributed by atoms with Crippen LogP contribution in [0.15, 0.2) is 10.5 Å². The van der Waals surface area contributed by atoms with Crippen molar-refractivity contribution in [1.29, 1.82) is 0 Å². The first kappa shape index (κ1) is 14.8. The Balaban J connectivity index is 2.60. The summed E-state index contributed by atoms with van der Waals surface area (Å²) in [6.07, 6.45) is 1.44. The highest BCUT2D eigenvalue weighted by Gasteiger charge is 2.20. The van der Waals surface area contributed by atoms with Crippen molar-refractivity contribution >= 4 is 5.91 Å². The van der Waals surface area contributed by atoms with Gasteiger partial charge in [-0.05, 0) is 30.4 Å². The van der Waals surface area contributed by atoms with Gasteiger partial charge in [0.25, 0.3) is 5.91 Å². The normalized spacial score (nSPS) is 11.6. The maximum Gasteiger partial charge on any atom is 0.287 e. The first-order chi connectivity index (χ1) is 8.39. The topological polar surface area (TPSA) is 62.5 Å². The first-order valence-corrected chi connectivity index (χ1v) is 6.38. The van der Waals surface area contributed by atoms with Crippen molar-refractivity contribution < 1.29 is 14.3 Å². The molecule has 0 fully saturated rings. The van der Waals surface area contributed by atoms with Gasteiger partial charge in [-0.25, -0.2) is 0 Å². The Bertz CT molecular complexity index is 407. The summed E-state index contributed by atoms with van der Waals surface area (Å²) in [5.74, 6) is 1.03. The zero-order valence-electron chi connectivity index (χ0n) is 11.7. The van der Waals surface area contributed by atoms with Crippen LogP contribution in [0, 0.1) is 12.3 Å². The summed E-state index contributed by atoms with van der Waals surface area (Å²) >= 11 is 0. The van der Waals surface area contributed by atoms with Crippen LogP contribution >= 0.6 is 0 Å². The van der Waals surface area contributed by atoms with Crippen LogP contribution in [0.4, 0.5) is 0 Å². The molecule has 0 aromatic carbocycles. The lowest BCUT2D eigenvalue weighted by Crippen LogP contribution is -2.34. The molecule has 1 aromatic heterocycles. The highest BCUT2D eigenvalue weighted by Crippen LogP contribution is 2.19. The van der Waals surface area contributed by atoms with Gasteiger partial charge in [-0.1, -0.05) is 20.8 Å². The average molecular weight is 253 g/mol. The number of amides is 1. The van der Waals surface area contributed by atoms with E-state index in [4.69, 9.17) is 9.52 Å². The van der Waals surface area contributed by atoms with Gasteiger partial charge in [-0.3, -0.25) is 4.79 Å². The fourth-order valence-electron chi connectivity index (χ4n) is 1.78. The largest absolute Gasteiger partial charge is 0.456 e. The molecule has 0 bridgehead atoms. The third kappa shape index (κ3) is 3.88. The Kier molecular flexibility index (Phi) is 4.96. The Morgan fingerprint density at radius 3 is 2.67 bits per heavy atom. The summed E-state index contributed by atoms with van der Waals surface area (Å²) in [6.45, 7) is 8.60. The van der Waals surface area contributed by atoms with Gasteiger partial charge in [0.1, 0.15) is 5.76 Å². The van der Waals surface area contributed by atoms with E-state index < -0.39 is 0 Å². The van der Waals surface area contributed by atoms with Crippen molar-refractivity contribution in [2.75, 3.05) is 13.2 Å². The van der Waals surface area contributed by atoms with E-state index in [1.807, 2.05) is 27.7 Å². The van der Waals surface area contributed by atoms with Crippen LogP contribution in [0.25, 0.3) is 0 Å². The first-order valence-electron chi connectivity index (χ1n) is 6.38. The van der Waals surface area contributed by atoms with Crippen molar-refractivity contribution in [1.82, 2.24) is 5.32 Å². The van der Waals surface area contributed by atoms with E-state index in [1.54, 1.807) is 6.07 Å². The summed E-state index contributed by atoms with van der Waals surface area (Å²) in [5, 5.41) is 11.8. The maximum absolute atomic E-state index is 11.9. The van der Waals surface area contributed by atoms with Crippen LogP contribution in [0.3, 0.4) is 0 Å². The van der Waals surface area contributed by atoms with Gasteiger partial charge in [-0.15, -0.1) is 0 Å². The van der Waals surface area contributed by atoms with Crippen LogP contribution < -0.4 is 5.32 Å². The molecule has 0 radical (unpaired) electrons. The summed E-state index contributed by atoms with van der Waals surface area (Å²) in [6, 6.07) is 1.77. The van der Waals surface area contributed by atoms with E-state index in [0.29, 0.717) is 18.7 Å². The number of hydrogen-bond donors (Lipinski definition) is 2. The molecule has 102 valence electrons. The number of aryl methyl sites for hydroxylation is 2. The van der Waals surface area contributed by atoms with Crippen LogP contribution in [0.1, 0.15) is 49.1 Å². The Labute approximate surface area is 108 Å². The predicted octanol–water partition coefficient (Wildman–Crippen LogP) is 2.29. The third-order valence-electron chi connectivity index (χ3n) is 3.08. The third-order valence-corrected chi connectivity index (χ3v) is 3.08. The number of carbonyl (C=O) groups is 1. The number of aliphatic hydroxyl groups is 1. The van der Waals surface area contributed by atoms with E-state index in [-0.39, 0.29) is 17.9 Å². The molecule has 4 nitrogen and oxygen atoms in total. The average Bonchev–Trinajstić information content (AvgIpc) is 2.67. The molecule has 1 heterocycles. The van der Waals surface area contributed by atoms with E-state index in [9.17, 15) is 4.79 Å². The van der Waals surface area contributed by atoms with Gasteiger partial charge in [-0.2, -0.15) is 0 Å². The van der Waals surface area contributed by atoms with Crippen molar-refractivity contribution in [3.05, 3.63) is 23.2 Å². The minimum absolute atomic E-state index is 0.111. The lowest BCUT2D eigenvalue weighted by Gasteiger charge is -2.23. The fraction of sp³-hybridized carbons (Fsp3) is 0.643. The molecule has 0 unspecified atom stereocenters. The number of carbonyl (C=O) groups excluding carboxylic acids is 1. The highest BCUT2D eigenvalue weighted by molar-refractivity contribution is 5.91. The van der Waals surface area contributed by atoms with Gasteiger partial charge >= 0.3 is 0 Å². The van der Waals surface area contributed by atoms with Gasteiger partial charge in [0.2, 0.25) is 0 Å². The SMILES string of the molecule is CCc1oc(C(=O)NCC(C)(C)CCO)cc1C. The van der Waals surface area contributed by atoms with Crippen molar-refractivity contribution in [2.45, 2.75) is 40.5 Å². The molecule has 0 saturated heterocycles. The molecular formula is C14H23NO3.